The molecule has 0 radical (unpaired) electrons. The van der Waals surface area contributed by atoms with E-state index in [0.29, 0.717) is 0 Å². The summed E-state index contributed by atoms with van der Waals surface area (Å²) >= 11 is 5.58. The second-order valence-corrected chi connectivity index (χ2v) is 16.3. The molecule has 3 heteroatoms. The van der Waals surface area contributed by atoms with Gasteiger partial charge in [0.2, 0.25) is 0 Å². The predicted octanol–water partition coefficient (Wildman–Crippen LogP) is 4.92. The van der Waals surface area contributed by atoms with Gasteiger partial charge >= 0.3 is 128 Å². The van der Waals surface area contributed by atoms with Crippen molar-refractivity contribution in [2.24, 2.45) is 0 Å². The molecule has 2 aromatic carbocycles. The van der Waals surface area contributed by atoms with E-state index < -0.39 is 4.71 Å². The first-order valence-electron chi connectivity index (χ1n) is 6.34. The van der Waals surface area contributed by atoms with Gasteiger partial charge in [-0.05, 0) is 0 Å². The SMILES string of the molecule is CC(C)(C)[P@@](=[Se])(Sc1ccccc1)c1ccccc1. The zero-order chi connectivity index (χ0) is 13.9. The quantitative estimate of drug-likeness (QED) is 0.558. The molecular formula is C16H19PSSe. The molecule has 0 saturated carbocycles. The summed E-state index contributed by atoms with van der Waals surface area (Å²) in [4.78, 5) is 1.34. The Labute approximate surface area is 128 Å². The van der Waals surface area contributed by atoms with Crippen LogP contribution >= 0.6 is 16.1 Å². The molecule has 0 saturated heterocycles. The van der Waals surface area contributed by atoms with Crippen molar-refractivity contribution < 1.29 is 0 Å². The van der Waals surface area contributed by atoms with Crippen molar-refractivity contribution in [1.29, 1.82) is 0 Å². The van der Waals surface area contributed by atoms with Crippen molar-refractivity contribution in [2.45, 2.75) is 30.8 Å². The van der Waals surface area contributed by atoms with E-state index in [1.165, 1.54) is 10.2 Å². The molecule has 2 aromatic rings. The van der Waals surface area contributed by atoms with Gasteiger partial charge in [0.25, 0.3) is 0 Å². The van der Waals surface area contributed by atoms with Gasteiger partial charge in [-0.2, -0.15) is 0 Å². The first-order valence-corrected chi connectivity index (χ1v) is 11.8. The number of rotatable bonds is 3. The van der Waals surface area contributed by atoms with Crippen molar-refractivity contribution in [3.63, 3.8) is 0 Å². The topological polar surface area (TPSA) is 0 Å². The Morgan fingerprint density at radius 3 is 1.79 bits per heavy atom. The van der Waals surface area contributed by atoms with Crippen LogP contribution in [0.5, 0.6) is 0 Å². The van der Waals surface area contributed by atoms with Gasteiger partial charge in [0.15, 0.2) is 0 Å². The van der Waals surface area contributed by atoms with Crippen LogP contribution in [-0.4, -0.2) is 20.3 Å². The second kappa shape index (κ2) is 6.02. The van der Waals surface area contributed by atoms with Gasteiger partial charge in [0.1, 0.15) is 0 Å². The fraction of sp³-hybridized carbons (Fsp3) is 0.250. The maximum atomic E-state index is 3.57. The number of benzene rings is 2. The molecule has 0 nitrogen and oxygen atoms in total. The summed E-state index contributed by atoms with van der Waals surface area (Å²) in [7, 11) is 0. The van der Waals surface area contributed by atoms with Crippen LogP contribution in [0.1, 0.15) is 20.8 Å². The Bertz CT molecular complexity index is 573. The summed E-state index contributed by atoms with van der Waals surface area (Å²) in [6.07, 6.45) is 0. The van der Waals surface area contributed by atoms with Crippen molar-refractivity contribution in [3.05, 3.63) is 60.7 Å². The first-order chi connectivity index (χ1) is 8.93. The van der Waals surface area contributed by atoms with Crippen molar-refractivity contribution in [3.8, 4) is 0 Å². The standard InChI is InChI=1S/C16H19PSSe/c1-16(2,3)17(19,14-10-6-4-7-11-14)18-15-12-8-5-9-13-15/h4-13H,1-3H3/t17-/m1/s1. The fourth-order valence-corrected chi connectivity index (χ4v) is 9.28. The molecule has 0 N–H and O–H groups in total. The van der Waals surface area contributed by atoms with E-state index in [4.69, 9.17) is 0 Å². The van der Waals surface area contributed by atoms with E-state index in [2.05, 4.69) is 96.5 Å². The van der Waals surface area contributed by atoms with E-state index in [1.54, 1.807) is 0 Å². The molecule has 0 unspecified atom stereocenters. The summed E-state index contributed by atoms with van der Waals surface area (Å²) in [5, 5.41) is 1.67. The average Bonchev–Trinajstić information content (AvgIpc) is 2.39. The zero-order valence-electron chi connectivity index (χ0n) is 11.5. The van der Waals surface area contributed by atoms with Gasteiger partial charge in [-0.1, -0.05) is 0 Å². The van der Waals surface area contributed by atoms with E-state index in [9.17, 15) is 0 Å². The third-order valence-electron chi connectivity index (χ3n) is 2.96. The van der Waals surface area contributed by atoms with Crippen molar-refractivity contribution in [1.82, 2.24) is 0 Å². The van der Waals surface area contributed by atoms with Crippen LogP contribution in [-0.2, 0) is 0 Å². The molecule has 0 fully saturated rings. The van der Waals surface area contributed by atoms with Crippen LogP contribution in [0.2, 0.25) is 0 Å². The molecule has 0 bridgehead atoms. The molecule has 0 aromatic heterocycles. The Balaban J connectivity index is 2.46. The molecule has 2 rings (SSSR count). The van der Waals surface area contributed by atoms with E-state index >= 15 is 0 Å². The third kappa shape index (κ3) is 3.44. The van der Waals surface area contributed by atoms with E-state index in [-0.39, 0.29) is 5.16 Å². The third-order valence-corrected chi connectivity index (χ3v) is 16.3. The zero-order valence-corrected chi connectivity index (χ0v) is 15.0. The van der Waals surface area contributed by atoms with Crippen LogP contribution in [0.25, 0.3) is 0 Å². The minimum atomic E-state index is -1.44. The van der Waals surface area contributed by atoms with Crippen LogP contribution in [0.3, 0.4) is 0 Å². The molecule has 0 spiro atoms. The Morgan fingerprint density at radius 2 is 1.32 bits per heavy atom. The Morgan fingerprint density at radius 1 is 0.842 bits per heavy atom. The van der Waals surface area contributed by atoms with Crippen LogP contribution < -0.4 is 5.30 Å². The molecule has 0 aliphatic heterocycles. The summed E-state index contributed by atoms with van der Waals surface area (Å²) in [6.45, 7) is 7.00. The van der Waals surface area contributed by atoms with Crippen LogP contribution in [0, 0.1) is 0 Å². The van der Waals surface area contributed by atoms with E-state index in [0.717, 1.165) is 0 Å². The van der Waals surface area contributed by atoms with Crippen molar-refractivity contribution in [2.75, 3.05) is 0 Å². The number of hydrogen-bond donors (Lipinski definition) is 0. The van der Waals surface area contributed by atoms with Gasteiger partial charge in [0, 0.05) is 0 Å². The van der Waals surface area contributed by atoms with Crippen LogP contribution in [0.15, 0.2) is 65.6 Å². The van der Waals surface area contributed by atoms with Crippen molar-refractivity contribution >= 4 is 36.5 Å². The predicted molar refractivity (Wildman–Crippen MR) is 90.8 cm³/mol. The molecular weight excluding hydrogens is 334 g/mol. The molecule has 100 valence electrons. The molecule has 19 heavy (non-hydrogen) atoms. The van der Waals surface area contributed by atoms with Crippen LogP contribution in [0.4, 0.5) is 0 Å². The van der Waals surface area contributed by atoms with Gasteiger partial charge in [0.05, 0.1) is 0 Å². The minimum absolute atomic E-state index is 0.231. The van der Waals surface area contributed by atoms with Gasteiger partial charge in [-0.15, -0.1) is 0 Å². The summed E-state index contributed by atoms with van der Waals surface area (Å²) in [6, 6.07) is 21.6. The Hall–Kier alpha value is -0.261. The number of hydrogen-bond acceptors (Lipinski definition) is 1. The fourth-order valence-electron chi connectivity index (χ4n) is 1.83. The molecule has 1 atom stereocenters. The van der Waals surface area contributed by atoms with Gasteiger partial charge in [-0.3, -0.25) is 0 Å². The Kier molecular flexibility index (Phi) is 4.79. The van der Waals surface area contributed by atoms with E-state index in [1.807, 2.05) is 11.4 Å². The normalized spacial score (nSPS) is 14.9. The molecule has 0 heterocycles. The van der Waals surface area contributed by atoms with Gasteiger partial charge in [-0.25, -0.2) is 0 Å². The molecule has 0 amide bonds. The molecule has 0 aliphatic rings. The van der Waals surface area contributed by atoms with Gasteiger partial charge < -0.3 is 0 Å². The molecule has 0 aliphatic carbocycles. The average molecular weight is 353 g/mol. The first kappa shape index (κ1) is 15.1. The summed E-state index contributed by atoms with van der Waals surface area (Å²) in [5.74, 6) is 0. The second-order valence-electron chi connectivity index (χ2n) is 5.46. The maximum absolute atomic E-state index is 3.57. The summed E-state index contributed by atoms with van der Waals surface area (Å²) < 4.78 is -1.44. The summed E-state index contributed by atoms with van der Waals surface area (Å²) in [5.41, 5.74) is 0. The monoisotopic (exact) mass is 354 g/mol.